The molecule has 0 radical (unpaired) electrons. The Bertz CT molecular complexity index is 1220. The maximum Gasteiger partial charge on any atom is 0.263 e. The van der Waals surface area contributed by atoms with Gasteiger partial charge in [0, 0.05) is 43.1 Å². The van der Waals surface area contributed by atoms with Crippen LogP contribution in [0.5, 0.6) is 0 Å². The fourth-order valence-corrected chi connectivity index (χ4v) is 5.26. The Hall–Kier alpha value is -3.03. The number of nitrogens with one attached hydrogen (secondary N) is 1. The molecular formula is C25H25FN4OS. The summed E-state index contributed by atoms with van der Waals surface area (Å²) in [6, 6.07) is 17.0. The van der Waals surface area contributed by atoms with Crippen LogP contribution >= 0.6 is 11.3 Å². The first-order valence-electron chi connectivity index (χ1n) is 10.9. The first kappa shape index (κ1) is 20.8. The molecule has 1 N–H and O–H groups in total. The van der Waals surface area contributed by atoms with Crippen LogP contribution in [-0.4, -0.2) is 39.3 Å². The Labute approximate surface area is 190 Å². The maximum absolute atomic E-state index is 13.2. The van der Waals surface area contributed by atoms with Gasteiger partial charge in [-0.2, -0.15) is 0 Å². The summed E-state index contributed by atoms with van der Waals surface area (Å²) in [5.41, 5.74) is 3.84. The molecule has 2 aromatic carbocycles. The summed E-state index contributed by atoms with van der Waals surface area (Å²) in [6.07, 6.45) is 3.82. The molecule has 0 bridgehead atoms. The van der Waals surface area contributed by atoms with Crippen molar-refractivity contribution in [3.05, 3.63) is 82.7 Å². The zero-order chi connectivity index (χ0) is 22.1. The molecule has 1 aliphatic rings. The van der Waals surface area contributed by atoms with Crippen LogP contribution in [0.4, 0.5) is 4.39 Å². The van der Waals surface area contributed by atoms with Gasteiger partial charge in [0.05, 0.1) is 5.69 Å². The number of hydrogen-bond acceptors (Lipinski definition) is 4. The molecule has 0 aliphatic carbocycles. The number of benzene rings is 2. The molecule has 0 unspecified atom stereocenters. The van der Waals surface area contributed by atoms with Crippen molar-refractivity contribution in [2.75, 3.05) is 13.1 Å². The lowest BCUT2D eigenvalue weighted by Gasteiger charge is -2.32. The van der Waals surface area contributed by atoms with Gasteiger partial charge in [0.1, 0.15) is 10.7 Å². The largest absolute Gasteiger partial charge is 0.348 e. The van der Waals surface area contributed by atoms with E-state index >= 15 is 0 Å². The molecule has 1 aliphatic heterocycles. The monoisotopic (exact) mass is 448 g/mol. The van der Waals surface area contributed by atoms with E-state index in [4.69, 9.17) is 0 Å². The molecule has 32 heavy (non-hydrogen) atoms. The standard InChI is InChI=1S/C25H25FN4OS/c1-17-23(32-25-28-22(16-30(17)25)19-7-9-20(26)10-8-19)24(31)27-21-11-13-29(14-12-21)15-18-5-3-2-4-6-18/h2-10,16,21H,11-15H2,1H3,(H,27,31). The van der Waals surface area contributed by atoms with Gasteiger partial charge in [-0.15, -0.1) is 0 Å². The number of rotatable bonds is 5. The van der Waals surface area contributed by atoms with Crippen LogP contribution in [0, 0.1) is 12.7 Å². The highest BCUT2D eigenvalue weighted by Crippen LogP contribution is 2.27. The molecule has 0 saturated carbocycles. The van der Waals surface area contributed by atoms with E-state index in [1.807, 2.05) is 23.6 Å². The second-order valence-corrected chi connectivity index (χ2v) is 9.29. The van der Waals surface area contributed by atoms with Crippen LogP contribution in [0.25, 0.3) is 16.2 Å². The summed E-state index contributed by atoms with van der Waals surface area (Å²) in [4.78, 5) is 21.5. The molecule has 3 heterocycles. The molecule has 164 valence electrons. The Morgan fingerprint density at radius 3 is 2.53 bits per heavy atom. The smallest absolute Gasteiger partial charge is 0.263 e. The third-order valence-electron chi connectivity index (χ3n) is 6.07. The van der Waals surface area contributed by atoms with Crippen molar-refractivity contribution in [1.82, 2.24) is 19.6 Å². The van der Waals surface area contributed by atoms with E-state index in [2.05, 4.69) is 39.5 Å². The van der Waals surface area contributed by atoms with Gasteiger partial charge in [0.25, 0.3) is 5.91 Å². The van der Waals surface area contributed by atoms with Crippen molar-refractivity contribution in [3.8, 4) is 11.3 Å². The zero-order valence-electron chi connectivity index (χ0n) is 17.9. The summed E-state index contributed by atoms with van der Waals surface area (Å²) >= 11 is 1.40. The van der Waals surface area contributed by atoms with Gasteiger partial charge >= 0.3 is 0 Å². The summed E-state index contributed by atoms with van der Waals surface area (Å²) < 4.78 is 15.1. The van der Waals surface area contributed by atoms with E-state index in [0.29, 0.717) is 4.88 Å². The minimum atomic E-state index is -0.268. The minimum absolute atomic E-state index is 0.0251. The fraction of sp³-hybridized carbons (Fsp3) is 0.280. The lowest BCUT2D eigenvalue weighted by atomic mass is 10.0. The number of amides is 1. The van der Waals surface area contributed by atoms with Crippen molar-refractivity contribution in [2.45, 2.75) is 32.4 Å². The second-order valence-electron chi connectivity index (χ2n) is 8.31. The van der Waals surface area contributed by atoms with Crippen LogP contribution in [-0.2, 0) is 6.54 Å². The SMILES string of the molecule is Cc1c(C(=O)NC2CCN(Cc3ccccc3)CC2)sc2nc(-c3ccc(F)cc3)cn12. The third kappa shape index (κ3) is 4.31. The van der Waals surface area contributed by atoms with Gasteiger partial charge in [0.2, 0.25) is 0 Å². The molecule has 2 aromatic heterocycles. The average Bonchev–Trinajstić information content (AvgIpc) is 3.36. The van der Waals surface area contributed by atoms with Crippen LogP contribution in [0.3, 0.4) is 0 Å². The third-order valence-corrected chi connectivity index (χ3v) is 7.23. The van der Waals surface area contributed by atoms with Gasteiger partial charge in [-0.05, 0) is 49.6 Å². The van der Waals surface area contributed by atoms with Crippen molar-refractivity contribution < 1.29 is 9.18 Å². The quantitative estimate of drug-likeness (QED) is 0.472. The molecule has 1 fully saturated rings. The first-order valence-corrected chi connectivity index (χ1v) is 11.7. The molecule has 1 amide bonds. The summed E-state index contributed by atoms with van der Waals surface area (Å²) in [5.74, 6) is -0.293. The topological polar surface area (TPSA) is 49.6 Å². The average molecular weight is 449 g/mol. The summed E-state index contributed by atoms with van der Waals surface area (Å²) in [7, 11) is 0. The van der Waals surface area contributed by atoms with Crippen LogP contribution in [0.15, 0.2) is 60.8 Å². The van der Waals surface area contributed by atoms with E-state index < -0.39 is 0 Å². The maximum atomic E-state index is 13.2. The normalized spacial score (nSPS) is 15.3. The number of halogens is 1. The lowest BCUT2D eigenvalue weighted by molar-refractivity contribution is 0.0912. The lowest BCUT2D eigenvalue weighted by Crippen LogP contribution is -2.44. The molecule has 0 spiro atoms. The highest BCUT2D eigenvalue weighted by atomic mass is 32.1. The fourth-order valence-electron chi connectivity index (χ4n) is 4.25. The Balaban J connectivity index is 1.22. The number of hydrogen-bond donors (Lipinski definition) is 1. The Morgan fingerprint density at radius 1 is 1.12 bits per heavy atom. The number of carbonyl (C=O) groups is 1. The summed E-state index contributed by atoms with van der Waals surface area (Å²) in [6.45, 7) is 4.86. The van der Waals surface area contributed by atoms with E-state index in [0.717, 1.165) is 54.4 Å². The molecule has 7 heteroatoms. The van der Waals surface area contributed by atoms with Gasteiger partial charge in [-0.3, -0.25) is 14.1 Å². The predicted octanol–water partition coefficient (Wildman–Crippen LogP) is 4.90. The van der Waals surface area contributed by atoms with Crippen LogP contribution in [0.1, 0.15) is 33.8 Å². The first-order chi connectivity index (χ1) is 15.6. The molecule has 5 nitrogen and oxygen atoms in total. The second kappa shape index (κ2) is 8.84. The van der Waals surface area contributed by atoms with E-state index in [1.54, 1.807) is 12.1 Å². The number of fused-ring (bicyclic) bond motifs is 1. The highest BCUT2D eigenvalue weighted by Gasteiger charge is 2.24. The number of thiazole rings is 1. The van der Waals surface area contributed by atoms with Crippen LogP contribution in [0.2, 0.25) is 0 Å². The molecule has 4 aromatic rings. The number of aromatic nitrogens is 2. The number of piperidine rings is 1. The predicted molar refractivity (Wildman–Crippen MR) is 125 cm³/mol. The van der Waals surface area contributed by atoms with Crippen LogP contribution < -0.4 is 5.32 Å². The van der Waals surface area contributed by atoms with Crippen molar-refractivity contribution in [2.24, 2.45) is 0 Å². The van der Waals surface area contributed by atoms with Gasteiger partial charge in [-0.1, -0.05) is 41.7 Å². The van der Waals surface area contributed by atoms with Gasteiger partial charge in [-0.25, -0.2) is 9.37 Å². The van der Waals surface area contributed by atoms with Crippen molar-refractivity contribution >= 4 is 22.2 Å². The Kier molecular flexibility index (Phi) is 5.76. The van der Waals surface area contributed by atoms with Gasteiger partial charge in [0.15, 0.2) is 4.96 Å². The van der Waals surface area contributed by atoms with E-state index in [1.165, 1.54) is 29.0 Å². The summed E-state index contributed by atoms with van der Waals surface area (Å²) in [5, 5.41) is 3.23. The Morgan fingerprint density at radius 2 is 1.84 bits per heavy atom. The molecular weight excluding hydrogens is 423 g/mol. The van der Waals surface area contributed by atoms with Gasteiger partial charge < -0.3 is 5.32 Å². The highest BCUT2D eigenvalue weighted by molar-refractivity contribution is 7.19. The van der Waals surface area contributed by atoms with Crippen molar-refractivity contribution in [3.63, 3.8) is 0 Å². The number of aryl methyl sites for hydroxylation is 1. The molecule has 5 rings (SSSR count). The molecule has 0 atom stereocenters. The number of carbonyl (C=O) groups excluding carboxylic acids is 1. The number of nitrogens with zero attached hydrogens (tertiary/aromatic N) is 3. The minimum Gasteiger partial charge on any atom is -0.348 e. The number of likely N-dealkylation sites (tertiary alicyclic amines) is 1. The van der Waals surface area contributed by atoms with E-state index in [9.17, 15) is 9.18 Å². The van der Waals surface area contributed by atoms with Crippen molar-refractivity contribution in [1.29, 1.82) is 0 Å². The van der Waals surface area contributed by atoms with E-state index in [-0.39, 0.29) is 17.8 Å². The number of imidazole rings is 1. The molecule has 1 saturated heterocycles. The zero-order valence-corrected chi connectivity index (χ0v) is 18.7.